The summed E-state index contributed by atoms with van der Waals surface area (Å²) in [5.41, 5.74) is 0.769. The summed E-state index contributed by atoms with van der Waals surface area (Å²) >= 11 is 0. The molecule has 0 amide bonds. The monoisotopic (exact) mass is 248 g/mol. The van der Waals surface area contributed by atoms with Crippen LogP contribution in [0.3, 0.4) is 0 Å². The van der Waals surface area contributed by atoms with Crippen LogP contribution in [0.4, 0.5) is 0 Å². The average Bonchev–Trinajstić information content (AvgIpc) is 2.75. The van der Waals surface area contributed by atoms with Gasteiger partial charge in [-0.15, -0.1) is 0 Å². The summed E-state index contributed by atoms with van der Waals surface area (Å²) in [4.78, 5) is 2.41. The van der Waals surface area contributed by atoms with E-state index in [1.807, 2.05) is 0 Å². The Morgan fingerprint density at radius 1 is 1.33 bits per heavy atom. The first-order chi connectivity index (χ1) is 8.39. The number of rotatable bonds is 5. The van der Waals surface area contributed by atoms with Crippen LogP contribution in [0.25, 0.3) is 0 Å². The second-order valence-corrected chi connectivity index (χ2v) is 6.35. The molecule has 2 heteroatoms. The molecule has 0 spiro atoms. The van der Waals surface area contributed by atoms with Gasteiger partial charge in [-0.05, 0) is 18.8 Å². The Hall–Kier alpha value is -0.730. The molecule has 0 saturated carbocycles. The van der Waals surface area contributed by atoms with Crippen molar-refractivity contribution in [2.24, 2.45) is 11.8 Å². The minimum absolute atomic E-state index is 0.287. The zero-order valence-corrected chi connectivity index (χ0v) is 12.2. The maximum atomic E-state index is 11.0. The topological polar surface area (TPSA) is 23.2 Å². The Balaban J connectivity index is 2.10. The summed E-state index contributed by atoms with van der Waals surface area (Å²) in [6, 6.07) is 9.25. The summed E-state index contributed by atoms with van der Waals surface area (Å²) in [5.74, 6) is 0.573. The van der Waals surface area contributed by atoms with Crippen molar-refractivity contribution < 1.29 is 5.11 Å². The van der Waals surface area contributed by atoms with E-state index in [-0.39, 0.29) is 11.8 Å². The molecular formula is C16H26NO-. The van der Waals surface area contributed by atoms with Crippen molar-refractivity contribution in [3.63, 3.8) is 0 Å². The van der Waals surface area contributed by atoms with Crippen molar-refractivity contribution in [1.29, 1.82) is 0 Å². The molecule has 1 N–H and O–H groups in total. The van der Waals surface area contributed by atoms with E-state index in [1.165, 1.54) is 5.56 Å². The molecule has 0 aromatic heterocycles. The summed E-state index contributed by atoms with van der Waals surface area (Å²) in [7, 11) is 0. The van der Waals surface area contributed by atoms with E-state index in [2.05, 4.69) is 63.8 Å². The van der Waals surface area contributed by atoms with Gasteiger partial charge >= 0.3 is 0 Å². The molecule has 0 aliphatic carbocycles. The predicted molar refractivity (Wildman–Crippen MR) is 75.5 cm³/mol. The van der Waals surface area contributed by atoms with Crippen molar-refractivity contribution >= 4 is 0 Å². The minimum Gasteiger partial charge on any atom is -0.388 e. The molecule has 2 nitrogen and oxygen atoms in total. The summed E-state index contributed by atoms with van der Waals surface area (Å²) < 4.78 is 0. The maximum absolute atomic E-state index is 11.0. The third-order valence-electron chi connectivity index (χ3n) is 4.67. The normalized spacial score (nSPS) is 28.1. The van der Waals surface area contributed by atoms with Crippen molar-refractivity contribution in [3.05, 3.63) is 29.8 Å². The van der Waals surface area contributed by atoms with Crippen molar-refractivity contribution in [3.8, 4) is 0 Å². The van der Waals surface area contributed by atoms with E-state index in [9.17, 15) is 5.11 Å². The molecule has 0 bridgehead atoms. The second kappa shape index (κ2) is 4.75. The highest BCUT2D eigenvalue weighted by molar-refractivity contribution is 5.21. The molecule has 102 valence electrons. The minimum atomic E-state index is -0.577. The van der Waals surface area contributed by atoms with E-state index in [1.54, 1.807) is 0 Å². The van der Waals surface area contributed by atoms with Gasteiger partial charge in [0.05, 0.1) is 11.6 Å². The van der Waals surface area contributed by atoms with Crippen LogP contribution >= 0.6 is 0 Å². The van der Waals surface area contributed by atoms with Gasteiger partial charge < -0.3 is 5.11 Å². The van der Waals surface area contributed by atoms with Crippen LogP contribution in [0, 0.1) is 11.8 Å². The molecule has 3 atom stereocenters. The van der Waals surface area contributed by atoms with Crippen LogP contribution in [-0.4, -0.2) is 27.7 Å². The van der Waals surface area contributed by atoms with Crippen molar-refractivity contribution in [2.45, 2.75) is 58.8 Å². The molecular weight excluding hydrogens is 222 g/mol. The van der Waals surface area contributed by atoms with Gasteiger partial charge in [-0.25, -0.2) is 12.1 Å². The molecule has 2 rings (SSSR count). The first-order valence-corrected chi connectivity index (χ1v) is 7.07. The third kappa shape index (κ3) is 2.12. The summed E-state index contributed by atoms with van der Waals surface area (Å²) in [6.45, 7) is 11.7. The van der Waals surface area contributed by atoms with Crippen LogP contribution < -0.4 is 0 Å². The van der Waals surface area contributed by atoms with Crippen LogP contribution in [0.1, 0.15) is 40.2 Å². The van der Waals surface area contributed by atoms with Crippen molar-refractivity contribution in [2.75, 3.05) is 0 Å². The van der Waals surface area contributed by atoms with E-state index < -0.39 is 5.60 Å². The number of aliphatic hydroxyl groups is 1. The second-order valence-electron chi connectivity index (χ2n) is 6.35. The Bertz CT molecular complexity index is 372. The van der Waals surface area contributed by atoms with Gasteiger partial charge in [0, 0.05) is 12.6 Å². The number of hydrogen-bond acceptors (Lipinski definition) is 2. The van der Waals surface area contributed by atoms with Crippen LogP contribution in [-0.2, 0) is 6.54 Å². The lowest BCUT2D eigenvalue weighted by molar-refractivity contribution is -0.0581. The fourth-order valence-electron chi connectivity index (χ4n) is 3.38. The van der Waals surface area contributed by atoms with E-state index in [0.717, 1.165) is 6.54 Å². The molecule has 1 unspecified atom stereocenters. The molecule has 1 aromatic carbocycles. The lowest BCUT2D eigenvalue weighted by Crippen LogP contribution is -2.48. The molecule has 1 heterocycles. The highest BCUT2D eigenvalue weighted by atomic mass is 16.3. The fourth-order valence-corrected chi connectivity index (χ4v) is 3.38. The molecule has 1 aliphatic rings. The summed E-state index contributed by atoms with van der Waals surface area (Å²) in [5, 5.41) is 11.0. The zero-order valence-electron chi connectivity index (χ0n) is 12.2. The lowest BCUT2D eigenvalue weighted by Gasteiger charge is -2.37. The van der Waals surface area contributed by atoms with Crippen LogP contribution in [0.15, 0.2) is 24.3 Å². The molecule has 0 radical (unpaired) electrons. The van der Waals surface area contributed by atoms with Gasteiger partial charge in [-0.2, -0.15) is 17.7 Å². The van der Waals surface area contributed by atoms with Gasteiger partial charge in [0.15, 0.2) is 0 Å². The SMILES string of the molecule is CC(C)C(O)(C(C)C)[C@@H]1[C@H](C)N1Cc1ccc[cH-]1. The van der Waals surface area contributed by atoms with E-state index in [0.29, 0.717) is 12.1 Å². The zero-order chi connectivity index (χ0) is 13.5. The fraction of sp³-hybridized carbons (Fsp3) is 0.688. The smallest absolute Gasteiger partial charge is 0.0862 e. The van der Waals surface area contributed by atoms with Gasteiger partial charge in [0.1, 0.15) is 0 Å². The maximum Gasteiger partial charge on any atom is 0.0862 e. The van der Waals surface area contributed by atoms with Gasteiger partial charge in [-0.3, -0.25) is 4.90 Å². The number of hydrogen-bond donors (Lipinski definition) is 1. The molecule has 1 aromatic rings. The Labute approximate surface area is 111 Å². The molecule has 1 aliphatic heterocycles. The third-order valence-corrected chi connectivity index (χ3v) is 4.67. The van der Waals surface area contributed by atoms with E-state index >= 15 is 0 Å². The quantitative estimate of drug-likeness (QED) is 0.639. The average molecular weight is 248 g/mol. The van der Waals surface area contributed by atoms with Crippen LogP contribution in [0.5, 0.6) is 0 Å². The van der Waals surface area contributed by atoms with Gasteiger partial charge in [0.25, 0.3) is 0 Å². The summed E-state index contributed by atoms with van der Waals surface area (Å²) in [6.07, 6.45) is 0. The molecule has 18 heavy (non-hydrogen) atoms. The Morgan fingerprint density at radius 2 is 1.94 bits per heavy atom. The van der Waals surface area contributed by atoms with Gasteiger partial charge in [-0.1, -0.05) is 27.7 Å². The standard InChI is InChI=1S/C16H26NO/c1-11(2)16(18,12(3)4)15-13(5)17(15)10-14-8-6-7-9-14/h6-9,11-13,15,18H,10H2,1-5H3/q-1/t13-,15-,17?/m0/s1. The highest BCUT2D eigenvalue weighted by Gasteiger charge is 2.58. The van der Waals surface area contributed by atoms with Crippen molar-refractivity contribution in [1.82, 2.24) is 4.90 Å². The highest BCUT2D eigenvalue weighted by Crippen LogP contribution is 2.45. The molecule has 1 saturated heterocycles. The first-order valence-electron chi connectivity index (χ1n) is 7.07. The predicted octanol–water partition coefficient (Wildman–Crippen LogP) is 3.02. The van der Waals surface area contributed by atoms with Crippen LogP contribution in [0.2, 0.25) is 0 Å². The first kappa shape index (κ1) is 13.7. The Morgan fingerprint density at radius 3 is 2.39 bits per heavy atom. The van der Waals surface area contributed by atoms with Gasteiger partial charge in [0.2, 0.25) is 0 Å². The number of nitrogens with zero attached hydrogens (tertiary/aromatic N) is 1. The molecule has 1 fully saturated rings. The largest absolute Gasteiger partial charge is 0.388 e. The van der Waals surface area contributed by atoms with E-state index in [4.69, 9.17) is 0 Å². The lowest BCUT2D eigenvalue weighted by atomic mass is 9.76. The Kier molecular flexibility index (Phi) is 3.61.